The number of thioether (sulfide) groups is 1. The molecule has 106 valence electrons. The summed E-state index contributed by atoms with van der Waals surface area (Å²) in [6.07, 6.45) is 3.13. The first-order chi connectivity index (χ1) is 9.56. The van der Waals surface area contributed by atoms with E-state index in [4.69, 9.17) is 16.7 Å². The topological polar surface area (TPSA) is 69.6 Å². The largest absolute Gasteiger partial charge is 0.395 e. The molecule has 1 aromatic rings. The number of carbonyl (C=O) groups excluding carboxylic acids is 2. The third kappa shape index (κ3) is 2.98. The maximum Gasteiger partial charge on any atom is 0.277 e. The highest BCUT2D eigenvalue weighted by Gasteiger charge is 2.30. The average molecular weight is 313 g/mol. The Morgan fingerprint density at radius 2 is 2.15 bits per heavy atom. The molecule has 0 saturated carbocycles. The maximum atomic E-state index is 12.0. The van der Waals surface area contributed by atoms with E-state index in [2.05, 4.69) is 5.32 Å². The van der Waals surface area contributed by atoms with Crippen molar-refractivity contribution in [1.29, 1.82) is 0 Å². The Labute approximate surface area is 125 Å². The summed E-state index contributed by atoms with van der Waals surface area (Å²) in [6.45, 7) is -0.268. The van der Waals surface area contributed by atoms with Gasteiger partial charge in [0.25, 0.3) is 11.8 Å². The van der Waals surface area contributed by atoms with Crippen LogP contribution < -0.4 is 5.32 Å². The van der Waals surface area contributed by atoms with Crippen LogP contribution in [0.15, 0.2) is 34.9 Å². The van der Waals surface area contributed by atoms with Gasteiger partial charge in [-0.2, -0.15) is 0 Å². The molecule has 0 unspecified atom stereocenters. The molecule has 0 aliphatic carbocycles. The van der Waals surface area contributed by atoms with Crippen LogP contribution in [0, 0.1) is 0 Å². The van der Waals surface area contributed by atoms with Gasteiger partial charge in [0, 0.05) is 16.0 Å². The second-order valence-corrected chi connectivity index (χ2v) is 5.33. The number of anilines is 1. The van der Waals surface area contributed by atoms with Crippen molar-refractivity contribution in [2.45, 2.75) is 4.90 Å². The summed E-state index contributed by atoms with van der Waals surface area (Å²) >= 11 is 7.44. The average Bonchev–Trinajstić information content (AvgIpc) is 2.67. The third-order valence-corrected chi connectivity index (χ3v) is 3.79. The highest BCUT2D eigenvalue weighted by molar-refractivity contribution is 7.98. The van der Waals surface area contributed by atoms with Crippen molar-refractivity contribution in [3.8, 4) is 0 Å². The van der Waals surface area contributed by atoms with Gasteiger partial charge in [-0.1, -0.05) is 11.6 Å². The zero-order chi connectivity index (χ0) is 14.7. The number of rotatable bonds is 5. The molecule has 2 N–H and O–H groups in total. The van der Waals surface area contributed by atoms with Gasteiger partial charge in [-0.3, -0.25) is 14.5 Å². The van der Waals surface area contributed by atoms with Gasteiger partial charge in [0.1, 0.15) is 5.70 Å². The van der Waals surface area contributed by atoms with Gasteiger partial charge in [-0.05, 0) is 24.5 Å². The monoisotopic (exact) mass is 312 g/mol. The van der Waals surface area contributed by atoms with Crippen molar-refractivity contribution < 1.29 is 14.7 Å². The molecule has 0 radical (unpaired) electrons. The lowest BCUT2D eigenvalue weighted by molar-refractivity contribution is -0.137. The number of hydrogen-bond donors (Lipinski definition) is 2. The highest BCUT2D eigenvalue weighted by Crippen LogP contribution is 2.30. The molecule has 0 spiro atoms. The van der Waals surface area contributed by atoms with E-state index in [0.29, 0.717) is 10.7 Å². The standard InChI is InChI=1S/C13H13ClN2O3S/c1-20-11-3-2-8(14)6-9(11)15-10-7-12(18)16(4-5-17)13(10)19/h2-3,6-7,15,17H,4-5H2,1H3. The minimum absolute atomic E-state index is 0.00965. The quantitative estimate of drug-likeness (QED) is 0.640. The summed E-state index contributed by atoms with van der Waals surface area (Å²) in [5.74, 6) is -0.879. The van der Waals surface area contributed by atoms with Crippen molar-refractivity contribution >= 4 is 40.9 Å². The molecule has 2 amide bonds. The Morgan fingerprint density at radius 1 is 1.40 bits per heavy atom. The zero-order valence-electron chi connectivity index (χ0n) is 10.7. The Morgan fingerprint density at radius 3 is 2.80 bits per heavy atom. The van der Waals surface area contributed by atoms with Gasteiger partial charge in [0.2, 0.25) is 0 Å². The predicted octanol–water partition coefficient (Wildman–Crippen LogP) is 1.72. The summed E-state index contributed by atoms with van der Waals surface area (Å²) in [5, 5.41) is 12.3. The van der Waals surface area contributed by atoms with Crippen LogP contribution in [0.1, 0.15) is 0 Å². The lowest BCUT2D eigenvalue weighted by atomic mass is 10.3. The third-order valence-electron chi connectivity index (χ3n) is 2.76. The first-order valence-electron chi connectivity index (χ1n) is 5.85. The fraction of sp³-hybridized carbons (Fsp3) is 0.231. The number of β-amino-alcohol motifs (C(OH)–C–C–N with tert-alkyl or cyclic N) is 1. The van der Waals surface area contributed by atoms with Crippen LogP contribution >= 0.6 is 23.4 Å². The summed E-state index contributed by atoms with van der Waals surface area (Å²) in [7, 11) is 0. The Balaban J connectivity index is 2.23. The fourth-order valence-electron chi connectivity index (χ4n) is 1.83. The second kappa shape index (κ2) is 6.30. The molecule has 7 heteroatoms. The van der Waals surface area contributed by atoms with E-state index in [1.807, 2.05) is 12.3 Å². The van der Waals surface area contributed by atoms with Gasteiger partial charge < -0.3 is 10.4 Å². The molecule has 0 bridgehead atoms. The summed E-state index contributed by atoms with van der Waals surface area (Å²) < 4.78 is 0. The number of carbonyl (C=O) groups is 2. The molecule has 0 aromatic heterocycles. The number of aliphatic hydroxyl groups excluding tert-OH is 1. The first-order valence-corrected chi connectivity index (χ1v) is 7.46. The smallest absolute Gasteiger partial charge is 0.277 e. The van der Waals surface area contributed by atoms with E-state index in [-0.39, 0.29) is 18.8 Å². The molecular formula is C13H13ClN2O3S. The van der Waals surface area contributed by atoms with Gasteiger partial charge in [-0.25, -0.2) is 0 Å². The molecule has 20 heavy (non-hydrogen) atoms. The number of amides is 2. The fourth-order valence-corrected chi connectivity index (χ4v) is 2.54. The molecule has 2 rings (SSSR count). The second-order valence-electron chi connectivity index (χ2n) is 4.05. The summed E-state index contributed by atoms with van der Waals surface area (Å²) in [5.41, 5.74) is 0.851. The highest BCUT2D eigenvalue weighted by atomic mass is 35.5. The SMILES string of the molecule is CSc1ccc(Cl)cc1NC1=CC(=O)N(CCO)C1=O. The lowest BCUT2D eigenvalue weighted by Gasteiger charge is -2.14. The molecule has 1 heterocycles. The van der Waals surface area contributed by atoms with E-state index in [0.717, 1.165) is 9.80 Å². The number of nitrogens with one attached hydrogen (secondary N) is 1. The number of benzene rings is 1. The predicted molar refractivity (Wildman–Crippen MR) is 78.7 cm³/mol. The van der Waals surface area contributed by atoms with E-state index in [1.54, 1.807) is 12.1 Å². The van der Waals surface area contributed by atoms with E-state index in [9.17, 15) is 9.59 Å². The molecule has 5 nitrogen and oxygen atoms in total. The number of halogens is 1. The number of hydrogen-bond acceptors (Lipinski definition) is 5. The lowest BCUT2D eigenvalue weighted by Crippen LogP contribution is -2.34. The number of nitrogens with zero attached hydrogens (tertiary/aromatic N) is 1. The van der Waals surface area contributed by atoms with Crippen molar-refractivity contribution in [3.05, 3.63) is 35.0 Å². The van der Waals surface area contributed by atoms with Crippen LogP contribution in [0.3, 0.4) is 0 Å². The van der Waals surface area contributed by atoms with Crippen molar-refractivity contribution in [3.63, 3.8) is 0 Å². The summed E-state index contributed by atoms with van der Waals surface area (Å²) in [6, 6.07) is 5.29. The van der Waals surface area contributed by atoms with Crippen molar-refractivity contribution in [1.82, 2.24) is 4.90 Å². The molecule has 1 aliphatic rings. The Hall–Kier alpha value is -1.50. The van der Waals surface area contributed by atoms with Crippen LogP contribution in [0.4, 0.5) is 5.69 Å². The first kappa shape index (κ1) is 14.9. The van der Waals surface area contributed by atoms with Crippen LogP contribution in [0.2, 0.25) is 5.02 Å². The minimum Gasteiger partial charge on any atom is -0.395 e. The molecule has 0 fully saturated rings. The van der Waals surface area contributed by atoms with E-state index >= 15 is 0 Å². The van der Waals surface area contributed by atoms with Crippen LogP contribution in [0.25, 0.3) is 0 Å². The van der Waals surface area contributed by atoms with Gasteiger partial charge >= 0.3 is 0 Å². The van der Waals surface area contributed by atoms with Crippen molar-refractivity contribution in [2.75, 3.05) is 24.7 Å². The molecular weight excluding hydrogens is 300 g/mol. The van der Waals surface area contributed by atoms with E-state index in [1.165, 1.54) is 17.8 Å². The summed E-state index contributed by atoms with van der Waals surface area (Å²) in [4.78, 5) is 25.6. The number of aliphatic hydroxyl groups is 1. The Kier molecular flexibility index (Phi) is 4.69. The molecule has 0 atom stereocenters. The van der Waals surface area contributed by atoms with Crippen LogP contribution in [-0.4, -0.2) is 41.2 Å². The van der Waals surface area contributed by atoms with Crippen LogP contribution in [0.5, 0.6) is 0 Å². The zero-order valence-corrected chi connectivity index (χ0v) is 12.3. The van der Waals surface area contributed by atoms with E-state index < -0.39 is 11.8 Å². The number of imide groups is 1. The van der Waals surface area contributed by atoms with Gasteiger partial charge in [0.15, 0.2) is 0 Å². The van der Waals surface area contributed by atoms with Gasteiger partial charge in [-0.15, -0.1) is 11.8 Å². The molecule has 1 aromatic carbocycles. The molecule has 0 saturated heterocycles. The normalized spacial score (nSPS) is 14.8. The minimum atomic E-state index is -0.448. The maximum absolute atomic E-state index is 12.0. The van der Waals surface area contributed by atoms with Crippen molar-refractivity contribution in [2.24, 2.45) is 0 Å². The van der Waals surface area contributed by atoms with Crippen LogP contribution in [-0.2, 0) is 9.59 Å². The van der Waals surface area contributed by atoms with Gasteiger partial charge in [0.05, 0.1) is 18.8 Å². The molecule has 1 aliphatic heterocycles. The Bertz CT molecular complexity index is 589.